The van der Waals surface area contributed by atoms with Gasteiger partial charge in [0, 0.05) is 61.7 Å². The minimum absolute atomic E-state index is 0.153. The summed E-state index contributed by atoms with van der Waals surface area (Å²) in [6, 6.07) is 22.9. The molecule has 0 radical (unpaired) electrons. The van der Waals surface area contributed by atoms with Gasteiger partial charge in [0.2, 0.25) is 5.95 Å². The Hall–Kier alpha value is -4.60. The number of carbonyl (C=O) groups is 2. The van der Waals surface area contributed by atoms with E-state index in [1.54, 1.807) is 24.3 Å². The molecule has 4 aromatic rings. The summed E-state index contributed by atoms with van der Waals surface area (Å²) < 4.78 is 4.73. The van der Waals surface area contributed by atoms with Gasteiger partial charge >= 0.3 is 5.97 Å². The summed E-state index contributed by atoms with van der Waals surface area (Å²) in [6.07, 6.45) is 3.82. The van der Waals surface area contributed by atoms with Crippen LogP contribution < -0.4 is 10.6 Å². The summed E-state index contributed by atoms with van der Waals surface area (Å²) >= 11 is 0. The van der Waals surface area contributed by atoms with Crippen molar-refractivity contribution in [2.24, 2.45) is 0 Å². The molecule has 1 amide bonds. The lowest BCUT2D eigenvalue weighted by Gasteiger charge is -2.32. The summed E-state index contributed by atoms with van der Waals surface area (Å²) in [4.78, 5) is 39.0. The fourth-order valence-electron chi connectivity index (χ4n) is 5.97. The average Bonchev–Trinajstić information content (AvgIpc) is 3.07. The number of rotatable bonds is 9. The second-order valence-electron chi connectivity index (χ2n) is 11.5. The molecule has 2 N–H and O–H groups in total. The molecule has 2 aliphatic rings. The van der Waals surface area contributed by atoms with E-state index in [0.717, 1.165) is 74.5 Å². The van der Waals surface area contributed by atoms with E-state index in [4.69, 9.17) is 9.72 Å². The number of hydrogen-bond acceptors (Lipinski definition) is 8. The van der Waals surface area contributed by atoms with Crippen LogP contribution in [0.1, 0.15) is 49.7 Å². The summed E-state index contributed by atoms with van der Waals surface area (Å²) in [5.74, 6) is 0.151. The van der Waals surface area contributed by atoms with Crippen molar-refractivity contribution in [3.63, 3.8) is 0 Å². The zero-order valence-corrected chi connectivity index (χ0v) is 25.3. The molecule has 6 rings (SSSR count). The zero-order valence-electron chi connectivity index (χ0n) is 25.3. The summed E-state index contributed by atoms with van der Waals surface area (Å²) in [5.41, 5.74) is 7.22. The van der Waals surface area contributed by atoms with Gasteiger partial charge in [-0.2, -0.15) is 0 Å². The van der Waals surface area contributed by atoms with E-state index in [0.29, 0.717) is 22.8 Å². The van der Waals surface area contributed by atoms with Gasteiger partial charge in [0.05, 0.1) is 18.4 Å². The highest BCUT2D eigenvalue weighted by atomic mass is 16.5. The van der Waals surface area contributed by atoms with Crippen molar-refractivity contribution in [1.82, 2.24) is 19.8 Å². The molecule has 1 saturated heterocycles. The van der Waals surface area contributed by atoms with Crippen LogP contribution in [0.2, 0.25) is 0 Å². The number of esters is 1. The van der Waals surface area contributed by atoms with Gasteiger partial charge in [-0.1, -0.05) is 36.4 Å². The quantitative estimate of drug-likeness (QED) is 0.209. The Morgan fingerprint density at radius 2 is 1.66 bits per heavy atom. The molecule has 1 atom stereocenters. The van der Waals surface area contributed by atoms with E-state index in [2.05, 4.69) is 68.9 Å². The van der Waals surface area contributed by atoms with E-state index in [1.165, 1.54) is 12.7 Å². The fraction of sp³-hybridized carbons (Fsp3) is 0.314. The van der Waals surface area contributed by atoms with Crippen LogP contribution in [0.5, 0.6) is 0 Å². The first-order valence-electron chi connectivity index (χ1n) is 15.2. The van der Waals surface area contributed by atoms with Crippen LogP contribution in [0.15, 0.2) is 79.0 Å². The molecular weight excluding hydrogens is 552 g/mol. The molecule has 3 aromatic carbocycles. The molecule has 2 heterocycles. The van der Waals surface area contributed by atoms with Crippen LogP contribution >= 0.6 is 0 Å². The van der Waals surface area contributed by atoms with Crippen LogP contribution in [0.25, 0.3) is 11.3 Å². The summed E-state index contributed by atoms with van der Waals surface area (Å²) in [7, 11) is 3.51. The van der Waals surface area contributed by atoms with Crippen molar-refractivity contribution in [2.45, 2.75) is 18.8 Å². The lowest BCUT2D eigenvalue weighted by molar-refractivity contribution is 0.0600. The molecule has 1 aliphatic carbocycles. The highest BCUT2D eigenvalue weighted by molar-refractivity contribution is 6.04. The van der Waals surface area contributed by atoms with Crippen LogP contribution in [0.4, 0.5) is 11.6 Å². The normalized spacial score (nSPS) is 16.5. The summed E-state index contributed by atoms with van der Waals surface area (Å²) in [6.45, 7) is 6.47. The maximum atomic E-state index is 12.8. The van der Waals surface area contributed by atoms with Gasteiger partial charge in [0.15, 0.2) is 0 Å². The Balaban J connectivity index is 1.10. The van der Waals surface area contributed by atoms with Crippen molar-refractivity contribution in [3.8, 4) is 11.3 Å². The smallest absolute Gasteiger partial charge is 0.337 e. The molecule has 9 nitrogen and oxygen atoms in total. The Morgan fingerprint density at radius 1 is 0.932 bits per heavy atom. The number of fused-ring (bicyclic) bond motifs is 3. The third-order valence-electron chi connectivity index (χ3n) is 8.55. The maximum Gasteiger partial charge on any atom is 0.337 e. The number of hydrogen-bond donors (Lipinski definition) is 2. The van der Waals surface area contributed by atoms with Gasteiger partial charge < -0.3 is 25.2 Å². The topological polar surface area (TPSA) is 99.7 Å². The third-order valence-corrected chi connectivity index (χ3v) is 8.55. The number of likely N-dealkylation sites (N-methyl/N-ethyl adjacent to an activating group) is 1. The fourth-order valence-corrected chi connectivity index (χ4v) is 5.97. The van der Waals surface area contributed by atoms with Gasteiger partial charge in [0.25, 0.3) is 5.91 Å². The minimum atomic E-state index is -0.435. The molecule has 226 valence electrons. The van der Waals surface area contributed by atoms with Crippen molar-refractivity contribution in [1.29, 1.82) is 0 Å². The third kappa shape index (κ3) is 6.64. The summed E-state index contributed by atoms with van der Waals surface area (Å²) in [5, 5.41) is 6.39. The van der Waals surface area contributed by atoms with Crippen molar-refractivity contribution in [3.05, 3.63) is 107 Å². The highest BCUT2D eigenvalue weighted by Gasteiger charge is 2.27. The number of piperazine rings is 1. The monoisotopic (exact) mass is 590 g/mol. The molecule has 0 bridgehead atoms. The minimum Gasteiger partial charge on any atom is -0.465 e. The number of methoxy groups -OCH3 is 1. The van der Waals surface area contributed by atoms with Crippen molar-refractivity contribution >= 4 is 23.5 Å². The standard InChI is InChI=1S/C35H38N6O3/c1-40-18-20-41(21-19-40)17-5-16-36-35-37-23-27-22-31(29-6-3-4-7-30(29)32(27)39-35)24-12-14-28(15-13-24)38-33(42)25-8-10-26(11-9-25)34(43)44-2/h3-4,6-15,23,31H,5,16-22H2,1-2H3,(H,38,42)(H,36,37,39). The maximum absolute atomic E-state index is 12.8. The largest absolute Gasteiger partial charge is 0.465 e. The Bertz CT molecular complexity index is 1610. The number of aromatic nitrogens is 2. The molecular formula is C35H38N6O3. The molecule has 9 heteroatoms. The number of nitrogens with zero attached hydrogens (tertiary/aromatic N) is 4. The van der Waals surface area contributed by atoms with E-state index < -0.39 is 5.97 Å². The van der Waals surface area contributed by atoms with Gasteiger partial charge in [-0.05, 0) is 79.5 Å². The Morgan fingerprint density at radius 3 is 2.41 bits per heavy atom. The molecule has 44 heavy (non-hydrogen) atoms. The van der Waals surface area contributed by atoms with E-state index >= 15 is 0 Å². The SMILES string of the molecule is COC(=O)c1ccc(C(=O)Nc2ccc(C3Cc4cnc(NCCCN5CCN(C)CC5)nc4-c4ccccc43)cc2)cc1. The molecule has 1 aliphatic heterocycles. The number of anilines is 2. The molecule has 1 unspecified atom stereocenters. The first-order chi connectivity index (χ1) is 21.5. The van der Waals surface area contributed by atoms with Crippen LogP contribution in [0, 0.1) is 0 Å². The van der Waals surface area contributed by atoms with Crippen molar-refractivity contribution in [2.75, 3.05) is 64.1 Å². The lowest BCUT2D eigenvalue weighted by Crippen LogP contribution is -2.44. The predicted molar refractivity (Wildman–Crippen MR) is 172 cm³/mol. The number of benzene rings is 3. The zero-order chi connectivity index (χ0) is 30.5. The number of ether oxygens (including phenoxy) is 1. The molecule has 1 fully saturated rings. The molecule has 0 saturated carbocycles. The first-order valence-corrected chi connectivity index (χ1v) is 15.2. The van der Waals surface area contributed by atoms with Crippen LogP contribution in [-0.2, 0) is 11.2 Å². The second kappa shape index (κ2) is 13.4. The van der Waals surface area contributed by atoms with Crippen molar-refractivity contribution < 1.29 is 14.3 Å². The number of carbonyl (C=O) groups excluding carboxylic acids is 2. The van der Waals surface area contributed by atoms with E-state index in [1.807, 2.05) is 18.3 Å². The van der Waals surface area contributed by atoms with E-state index in [9.17, 15) is 9.59 Å². The van der Waals surface area contributed by atoms with Crippen LogP contribution in [0.3, 0.4) is 0 Å². The Labute approximate surface area is 258 Å². The molecule has 0 spiro atoms. The highest BCUT2D eigenvalue weighted by Crippen LogP contribution is 2.42. The Kier molecular flexibility index (Phi) is 8.95. The van der Waals surface area contributed by atoms with Gasteiger partial charge in [-0.15, -0.1) is 0 Å². The average molecular weight is 591 g/mol. The second-order valence-corrected chi connectivity index (χ2v) is 11.5. The number of amides is 1. The lowest BCUT2D eigenvalue weighted by atomic mass is 9.78. The predicted octanol–water partition coefficient (Wildman–Crippen LogP) is 4.92. The van der Waals surface area contributed by atoms with Crippen LogP contribution in [-0.4, -0.2) is 85.1 Å². The van der Waals surface area contributed by atoms with Gasteiger partial charge in [-0.25, -0.2) is 14.8 Å². The van der Waals surface area contributed by atoms with Gasteiger partial charge in [0.1, 0.15) is 0 Å². The first kappa shape index (κ1) is 29.5. The molecule has 1 aromatic heterocycles. The van der Waals surface area contributed by atoms with E-state index in [-0.39, 0.29) is 11.8 Å². The number of nitrogens with one attached hydrogen (secondary N) is 2. The van der Waals surface area contributed by atoms with Gasteiger partial charge in [-0.3, -0.25) is 4.79 Å².